The molecule has 1 saturated carbocycles. The zero-order chi connectivity index (χ0) is 13.9. The average molecular weight is 265 g/mol. The number of rotatable bonds is 3. The van der Waals surface area contributed by atoms with Gasteiger partial charge in [-0.05, 0) is 26.7 Å². The van der Waals surface area contributed by atoms with E-state index >= 15 is 0 Å². The number of carbonyl (C=O) groups is 1. The molecule has 0 N–H and O–H groups in total. The summed E-state index contributed by atoms with van der Waals surface area (Å²) in [6.07, 6.45) is 6.08. The second-order valence-corrected chi connectivity index (χ2v) is 5.32. The van der Waals surface area contributed by atoms with E-state index in [1.165, 1.54) is 12.8 Å². The van der Waals surface area contributed by atoms with Crippen molar-refractivity contribution in [1.82, 2.24) is 14.8 Å². The van der Waals surface area contributed by atoms with E-state index in [9.17, 15) is 4.79 Å². The zero-order valence-corrected chi connectivity index (χ0v) is 12.1. The molecule has 1 aliphatic carbocycles. The molecule has 0 bridgehead atoms. The molecule has 0 saturated heterocycles. The Bertz CT molecular complexity index is 446. The Balaban J connectivity index is 2.43. The molecular formula is C14H23N3O2. The molecule has 1 heterocycles. The van der Waals surface area contributed by atoms with Gasteiger partial charge in [-0.1, -0.05) is 25.7 Å². The summed E-state index contributed by atoms with van der Waals surface area (Å²) in [4.78, 5) is 17.0. The third-order valence-corrected chi connectivity index (χ3v) is 3.92. The Kier molecular flexibility index (Phi) is 4.22. The highest BCUT2D eigenvalue weighted by Crippen LogP contribution is 2.38. The van der Waals surface area contributed by atoms with Crippen molar-refractivity contribution >= 4 is 5.97 Å². The summed E-state index contributed by atoms with van der Waals surface area (Å²) in [5, 5.41) is 4.30. The van der Waals surface area contributed by atoms with E-state index in [4.69, 9.17) is 4.74 Å². The number of aryl methyl sites for hydroxylation is 2. The maximum Gasteiger partial charge on any atom is 0.319 e. The SMILES string of the molecule is CCOC(=O)C1(c2nc(C)nn2C)CCCCCC1. The van der Waals surface area contributed by atoms with Gasteiger partial charge in [-0.25, -0.2) is 4.98 Å². The van der Waals surface area contributed by atoms with E-state index in [-0.39, 0.29) is 5.97 Å². The fourth-order valence-electron chi connectivity index (χ4n) is 3.05. The van der Waals surface area contributed by atoms with Crippen LogP contribution in [-0.4, -0.2) is 27.3 Å². The normalized spacial score (nSPS) is 18.9. The molecule has 19 heavy (non-hydrogen) atoms. The topological polar surface area (TPSA) is 57.0 Å². The number of aromatic nitrogens is 3. The number of esters is 1. The predicted molar refractivity (Wildman–Crippen MR) is 71.8 cm³/mol. The number of ether oxygens (including phenoxy) is 1. The lowest BCUT2D eigenvalue weighted by Gasteiger charge is -2.28. The Morgan fingerprint density at radius 1 is 1.32 bits per heavy atom. The summed E-state index contributed by atoms with van der Waals surface area (Å²) in [6, 6.07) is 0. The van der Waals surface area contributed by atoms with E-state index in [0.717, 1.165) is 31.5 Å². The molecule has 1 aromatic heterocycles. The monoisotopic (exact) mass is 265 g/mol. The molecule has 2 rings (SSSR count). The molecule has 0 aromatic carbocycles. The van der Waals surface area contributed by atoms with Crippen LogP contribution < -0.4 is 0 Å². The van der Waals surface area contributed by atoms with Gasteiger partial charge in [-0.2, -0.15) is 5.10 Å². The summed E-state index contributed by atoms with van der Waals surface area (Å²) in [7, 11) is 1.86. The van der Waals surface area contributed by atoms with Gasteiger partial charge in [0.1, 0.15) is 17.1 Å². The largest absolute Gasteiger partial charge is 0.465 e. The first-order valence-corrected chi connectivity index (χ1v) is 7.15. The molecule has 0 atom stereocenters. The quantitative estimate of drug-likeness (QED) is 0.621. The molecule has 0 radical (unpaired) electrons. The maximum absolute atomic E-state index is 12.5. The van der Waals surface area contributed by atoms with E-state index < -0.39 is 5.41 Å². The molecule has 106 valence electrons. The Morgan fingerprint density at radius 3 is 2.42 bits per heavy atom. The minimum atomic E-state index is -0.595. The zero-order valence-electron chi connectivity index (χ0n) is 12.1. The van der Waals surface area contributed by atoms with E-state index in [1.807, 2.05) is 20.9 Å². The molecular weight excluding hydrogens is 242 g/mol. The van der Waals surface area contributed by atoms with Crippen LogP contribution in [0, 0.1) is 6.92 Å². The summed E-state index contributed by atoms with van der Waals surface area (Å²) in [5.41, 5.74) is -0.595. The van der Waals surface area contributed by atoms with Crippen LogP contribution in [0.4, 0.5) is 0 Å². The van der Waals surface area contributed by atoms with Crippen molar-refractivity contribution in [2.24, 2.45) is 7.05 Å². The van der Waals surface area contributed by atoms with Gasteiger partial charge in [0.05, 0.1) is 6.61 Å². The van der Waals surface area contributed by atoms with Gasteiger partial charge < -0.3 is 4.74 Å². The first-order valence-electron chi connectivity index (χ1n) is 7.15. The molecule has 1 fully saturated rings. The second-order valence-electron chi connectivity index (χ2n) is 5.32. The van der Waals surface area contributed by atoms with Crippen LogP contribution in [-0.2, 0) is 22.0 Å². The lowest BCUT2D eigenvalue weighted by molar-refractivity contribution is -0.151. The van der Waals surface area contributed by atoms with E-state index in [2.05, 4.69) is 10.1 Å². The Hall–Kier alpha value is -1.39. The van der Waals surface area contributed by atoms with Gasteiger partial charge in [0.15, 0.2) is 0 Å². The van der Waals surface area contributed by atoms with Crippen LogP contribution in [0.25, 0.3) is 0 Å². The lowest BCUT2D eigenvalue weighted by Crippen LogP contribution is -2.39. The predicted octanol–water partition coefficient (Wildman–Crippen LogP) is 2.28. The van der Waals surface area contributed by atoms with Gasteiger partial charge in [0.2, 0.25) is 0 Å². The van der Waals surface area contributed by atoms with Crippen molar-refractivity contribution in [3.8, 4) is 0 Å². The second kappa shape index (κ2) is 5.72. The highest BCUT2D eigenvalue weighted by Gasteiger charge is 2.45. The van der Waals surface area contributed by atoms with Crippen LogP contribution >= 0.6 is 0 Å². The van der Waals surface area contributed by atoms with Gasteiger partial charge >= 0.3 is 5.97 Å². The van der Waals surface area contributed by atoms with E-state index in [0.29, 0.717) is 12.4 Å². The molecule has 0 unspecified atom stereocenters. The highest BCUT2D eigenvalue weighted by molar-refractivity contribution is 5.82. The first-order chi connectivity index (χ1) is 9.10. The van der Waals surface area contributed by atoms with Crippen LogP contribution in [0.1, 0.15) is 57.1 Å². The van der Waals surface area contributed by atoms with Gasteiger partial charge in [-0.15, -0.1) is 0 Å². The van der Waals surface area contributed by atoms with Gasteiger partial charge in [0.25, 0.3) is 0 Å². The number of carbonyl (C=O) groups excluding carboxylic acids is 1. The standard InChI is InChI=1S/C14H23N3O2/c1-4-19-13(18)14(9-7-5-6-8-10-14)12-15-11(2)16-17(12)3/h4-10H2,1-3H3. The molecule has 5 heteroatoms. The van der Waals surface area contributed by atoms with Crippen molar-refractivity contribution in [3.05, 3.63) is 11.6 Å². The van der Waals surface area contributed by atoms with Crippen LogP contribution in [0.3, 0.4) is 0 Å². The van der Waals surface area contributed by atoms with Crippen molar-refractivity contribution in [1.29, 1.82) is 0 Å². The number of nitrogens with zero attached hydrogens (tertiary/aromatic N) is 3. The smallest absolute Gasteiger partial charge is 0.319 e. The van der Waals surface area contributed by atoms with Crippen molar-refractivity contribution in [2.45, 2.75) is 57.8 Å². The third-order valence-electron chi connectivity index (χ3n) is 3.92. The average Bonchev–Trinajstić information content (AvgIpc) is 2.60. The fraction of sp³-hybridized carbons (Fsp3) is 0.786. The summed E-state index contributed by atoms with van der Waals surface area (Å²) >= 11 is 0. The van der Waals surface area contributed by atoms with Crippen LogP contribution in [0.2, 0.25) is 0 Å². The lowest BCUT2D eigenvalue weighted by atomic mass is 9.79. The minimum Gasteiger partial charge on any atom is -0.465 e. The Labute approximate surface area is 114 Å². The van der Waals surface area contributed by atoms with E-state index in [1.54, 1.807) is 4.68 Å². The Morgan fingerprint density at radius 2 is 1.95 bits per heavy atom. The van der Waals surface area contributed by atoms with Gasteiger partial charge in [0, 0.05) is 7.05 Å². The molecule has 0 spiro atoms. The van der Waals surface area contributed by atoms with Gasteiger partial charge in [-0.3, -0.25) is 9.48 Å². The summed E-state index contributed by atoms with van der Waals surface area (Å²) in [6.45, 7) is 4.13. The van der Waals surface area contributed by atoms with Crippen molar-refractivity contribution < 1.29 is 9.53 Å². The van der Waals surface area contributed by atoms with Crippen LogP contribution in [0.5, 0.6) is 0 Å². The fourth-order valence-corrected chi connectivity index (χ4v) is 3.05. The number of hydrogen-bond acceptors (Lipinski definition) is 4. The molecule has 1 aromatic rings. The minimum absolute atomic E-state index is 0.132. The molecule has 0 amide bonds. The number of hydrogen-bond donors (Lipinski definition) is 0. The molecule has 1 aliphatic rings. The van der Waals surface area contributed by atoms with Crippen LogP contribution in [0.15, 0.2) is 0 Å². The van der Waals surface area contributed by atoms with Crippen molar-refractivity contribution in [2.75, 3.05) is 6.61 Å². The summed E-state index contributed by atoms with van der Waals surface area (Å²) in [5.74, 6) is 1.35. The summed E-state index contributed by atoms with van der Waals surface area (Å²) < 4.78 is 7.09. The molecule has 0 aliphatic heterocycles. The third kappa shape index (κ3) is 2.65. The first kappa shape index (κ1) is 14.0. The molecule has 5 nitrogen and oxygen atoms in total. The maximum atomic E-state index is 12.5. The van der Waals surface area contributed by atoms with Crippen molar-refractivity contribution in [3.63, 3.8) is 0 Å². The highest BCUT2D eigenvalue weighted by atomic mass is 16.5.